The number of allylic oxidation sites excluding steroid dienone is 5. The van der Waals surface area contributed by atoms with E-state index in [-0.39, 0.29) is 5.78 Å². The first-order chi connectivity index (χ1) is 11.6. The van der Waals surface area contributed by atoms with Crippen molar-refractivity contribution in [1.82, 2.24) is 10.2 Å². The van der Waals surface area contributed by atoms with E-state index in [1.54, 1.807) is 30.4 Å². The number of hydrogen-bond donors (Lipinski definition) is 1. The van der Waals surface area contributed by atoms with Gasteiger partial charge in [-0.2, -0.15) is 5.10 Å². The molecule has 2 aromatic rings. The van der Waals surface area contributed by atoms with E-state index in [4.69, 9.17) is 4.74 Å². The maximum absolute atomic E-state index is 14.0. The molecule has 0 atom stereocenters. The van der Waals surface area contributed by atoms with Crippen LogP contribution in [-0.2, 0) is 4.79 Å². The molecule has 4 nitrogen and oxygen atoms in total. The van der Waals surface area contributed by atoms with Crippen LogP contribution in [-0.4, -0.2) is 23.1 Å². The molecule has 2 rings (SSSR count). The second-order valence-corrected chi connectivity index (χ2v) is 4.81. The number of carbonyl (C=O) groups is 1. The van der Waals surface area contributed by atoms with Crippen LogP contribution in [0.4, 0.5) is 4.39 Å². The summed E-state index contributed by atoms with van der Waals surface area (Å²) in [7, 11) is 1.47. The number of hydrogen-bond acceptors (Lipinski definition) is 3. The Morgan fingerprint density at radius 1 is 1.33 bits per heavy atom. The fraction of sp³-hybridized carbons (Fsp3) is 0.0526. The Labute approximate surface area is 139 Å². The number of nitrogens with zero attached hydrogens (tertiary/aromatic N) is 1. The molecule has 0 unspecified atom stereocenters. The molecule has 0 aliphatic heterocycles. The summed E-state index contributed by atoms with van der Waals surface area (Å²) in [6, 6.07) is 6.19. The highest BCUT2D eigenvalue weighted by molar-refractivity contribution is 6.08. The second kappa shape index (κ2) is 7.87. The molecule has 0 aliphatic rings. The Bertz CT molecular complexity index is 832. The Kier molecular flexibility index (Phi) is 5.63. The van der Waals surface area contributed by atoms with E-state index in [1.165, 1.54) is 31.4 Å². The highest BCUT2D eigenvalue weighted by Gasteiger charge is 2.10. The van der Waals surface area contributed by atoms with Gasteiger partial charge < -0.3 is 4.74 Å². The normalized spacial score (nSPS) is 11.5. The summed E-state index contributed by atoms with van der Waals surface area (Å²) < 4.78 is 19.0. The summed E-state index contributed by atoms with van der Waals surface area (Å²) in [6.45, 7) is 7.13. The quantitative estimate of drug-likeness (QED) is 0.616. The molecule has 0 radical (unpaired) electrons. The minimum absolute atomic E-state index is 0.211. The van der Waals surface area contributed by atoms with Crippen LogP contribution in [0.2, 0.25) is 0 Å². The molecule has 1 aromatic carbocycles. The lowest BCUT2D eigenvalue weighted by molar-refractivity contribution is -0.111. The van der Waals surface area contributed by atoms with Gasteiger partial charge in [-0.3, -0.25) is 9.89 Å². The molecular weight excluding hydrogens is 307 g/mol. The van der Waals surface area contributed by atoms with Crippen LogP contribution in [0.25, 0.3) is 17.3 Å². The average Bonchev–Trinajstić information content (AvgIpc) is 3.06. The van der Waals surface area contributed by atoms with Gasteiger partial charge in [-0.05, 0) is 30.4 Å². The van der Waals surface area contributed by atoms with Crippen LogP contribution >= 0.6 is 0 Å². The van der Waals surface area contributed by atoms with E-state index >= 15 is 0 Å². The van der Waals surface area contributed by atoms with Gasteiger partial charge in [0.25, 0.3) is 0 Å². The van der Waals surface area contributed by atoms with E-state index < -0.39 is 5.82 Å². The van der Waals surface area contributed by atoms with Crippen molar-refractivity contribution < 1.29 is 13.9 Å². The van der Waals surface area contributed by atoms with Crippen molar-refractivity contribution in [3.8, 4) is 17.0 Å². The van der Waals surface area contributed by atoms with Gasteiger partial charge >= 0.3 is 0 Å². The number of H-pyrrole nitrogens is 1. The number of aromatic nitrogens is 2. The SMILES string of the molecule is C=C/C=C(\C=C)C(=O)/C=C/c1cc(-c2ccc(OC)cc2F)n[nH]1. The van der Waals surface area contributed by atoms with E-state index in [2.05, 4.69) is 23.4 Å². The third kappa shape index (κ3) is 3.95. The van der Waals surface area contributed by atoms with Crippen LogP contribution < -0.4 is 4.74 Å². The molecule has 0 saturated heterocycles. The Balaban J connectivity index is 2.21. The van der Waals surface area contributed by atoms with E-state index in [0.29, 0.717) is 28.3 Å². The molecule has 122 valence electrons. The Morgan fingerprint density at radius 2 is 2.12 bits per heavy atom. The van der Waals surface area contributed by atoms with Gasteiger partial charge in [0, 0.05) is 17.2 Å². The van der Waals surface area contributed by atoms with Gasteiger partial charge in [0.1, 0.15) is 11.6 Å². The standard InChI is InChI=1S/C19H17FN2O2/c1-4-6-13(5-2)19(23)10-7-14-11-18(22-21-14)16-9-8-15(24-3)12-17(16)20/h4-12H,1-2H2,3H3,(H,21,22)/b10-7+,13-6+. The molecule has 0 bridgehead atoms. The van der Waals surface area contributed by atoms with Gasteiger partial charge in [0.05, 0.1) is 18.5 Å². The highest BCUT2D eigenvalue weighted by Crippen LogP contribution is 2.25. The van der Waals surface area contributed by atoms with Crippen LogP contribution in [0.5, 0.6) is 5.75 Å². The minimum Gasteiger partial charge on any atom is -0.497 e. The lowest BCUT2D eigenvalue weighted by Crippen LogP contribution is -1.94. The Hall–Kier alpha value is -3.21. The molecule has 0 amide bonds. The first-order valence-corrected chi connectivity index (χ1v) is 7.16. The van der Waals surface area contributed by atoms with Crippen LogP contribution in [0.1, 0.15) is 5.69 Å². The van der Waals surface area contributed by atoms with E-state index in [1.807, 2.05) is 0 Å². The first-order valence-electron chi connectivity index (χ1n) is 7.16. The fourth-order valence-corrected chi connectivity index (χ4v) is 2.03. The molecule has 0 fully saturated rings. The average molecular weight is 324 g/mol. The predicted molar refractivity (Wildman–Crippen MR) is 93.1 cm³/mol. The van der Waals surface area contributed by atoms with Crippen molar-refractivity contribution in [3.05, 3.63) is 78.8 Å². The predicted octanol–water partition coefficient (Wildman–Crippen LogP) is 4.11. The zero-order valence-corrected chi connectivity index (χ0v) is 13.3. The number of carbonyl (C=O) groups excluding carboxylic acids is 1. The van der Waals surface area contributed by atoms with Gasteiger partial charge in [-0.15, -0.1) is 0 Å². The molecule has 5 heteroatoms. The van der Waals surface area contributed by atoms with Crippen LogP contribution in [0.15, 0.2) is 67.3 Å². The molecule has 24 heavy (non-hydrogen) atoms. The molecule has 1 N–H and O–H groups in total. The highest BCUT2D eigenvalue weighted by atomic mass is 19.1. The number of halogens is 1. The van der Waals surface area contributed by atoms with Gasteiger partial charge in [-0.1, -0.05) is 31.4 Å². The number of aromatic amines is 1. The third-order valence-electron chi connectivity index (χ3n) is 3.27. The summed E-state index contributed by atoms with van der Waals surface area (Å²) in [6.07, 6.45) is 7.51. The topological polar surface area (TPSA) is 55.0 Å². The zero-order valence-electron chi connectivity index (χ0n) is 13.3. The summed E-state index contributed by atoms with van der Waals surface area (Å²) in [4.78, 5) is 12.0. The van der Waals surface area contributed by atoms with Gasteiger partial charge in [-0.25, -0.2) is 4.39 Å². The van der Waals surface area contributed by atoms with Crippen LogP contribution in [0, 0.1) is 5.82 Å². The summed E-state index contributed by atoms with van der Waals surface area (Å²) in [5, 5.41) is 6.81. The van der Waals surface area contributed by atoms with Gasteiger partial charge in [0.2, 0.25) is 0 Å². The lowest BCUT2D eigenvalue weighted by Gasteiger charge is -2.02. The van der Waals surface area contributed by atoms with Crippen molar-refractivity contribution in [2.45, 2.75) is 0 Å². The number of nitrogens with one attached hydrogen (secondary N) is 1. The van der Waals surface area contributed by atoms with Gasteiger partial charge in [0.15, 0.2) is 5.78 Å². The lowest BCUT2D eigenvalue weighted by atomic mass is 10.1. The largest absolute Gasteiger partial charge is 0.497 e. The summed E-state index contributed by atoms with van der Waals surface area (Å²) in [5.41, 5.74) is 1.79. The third-order valence-corrected chi connectivity index (χ3v) is 3.27. The van der Waals surface area contributed by atoms with Crippen molar-refractivity contribution in [1.29, 1.82) is 0 Å². The second-order valence-electron chi connectivity index (χ2n) is 4.81. The van der Waals surface area contributed by atoms with Crippen molar-refractivity contribution >= 4 is 11.9 Å². The maximum Gasteiger partial charge on any atom is 0.185 e. The number of ketones is 1. The zero-order chi connectivity index (χ0) is 17.5. The maximum atomic E-state index is 14.0. The molecule has 1 aromatic heterocycles. The molecule has 0 spiro atoms. The van der Waals surface area contributed by atoms with E-state index in [0.717, 1.165) is 0 Å². The molecule has 0 saturated carbocycles. The first kappa shape index (κ1) is 17.1. The number of methoxy groups -OCH3 is 1. The summed E-state index contributed by atoms with van der Waals surface area (Å²) >= 11 is 0. The molecule has 0 aliphatic carbocycles. The number of benzene rings is 1. The Morgan fingerprint density at radius 3 is 2.75 bits per heavy atom. The summed E-state index contributed by atoms with van der Waals surface area (Å²) in [5.74, 6) is -0.213. The van der Waals surface area contributed by atoms with E-state index in [9.17, 15) is 9.18 Å². The molecular formula is C19H17FN2O2. The van der Waals surface area contributed by atoms with Crippen LogP contribution in [0.3, 0.4) is 0 Å². The molecule has 1 heterocycles. The monoisotopic (exact) mass is 324 g/mol. The number of ether oxygens (including phenoxy) is 1. The number of rotatable bonds is 7. The van der Waals surface area contributed by atoms with Crippen molar-refractivity contribution in [2.24, 2.45) is 0 Å². The minimum atomic E-state index is -0.435. The smallest absolute Gasteiger partial charge is 0.185 e. The van der Waals surface area contributed by atoms with Crippen molar-refractivity contribution in [3.63, 3.8) is 0 Å². The van der Waals surface area contributed by atoms with Crippen molar-refractivity contribution in [2.75, 3.05) is 7.11 Å². The fourth-order valence-electron chi connectivity index (χ4n) is 2.03.